The highest BCUT2D eigenvalue weighted by Crippen LogP contribution is 2.23. The first-order chi connectivity index (χ1) is 9.11. The molecule has 98 valence electrons. The third-order valence-electron chi connectivity index (χ3n) is 2.43. The van der Waals surface area contributed by atoms with Crippen LogP contribution in [0, 0.1) is 0 Å². The Labute approximate surface area is 108 Å². The number of amides is 1. The molecule has 0 spiro atoms. The van der Waals surface area contributed by atoms with Gasteiger partial charge in [0.1, 0.15) is 11.3 Å². The van der Waals surface area contributed by atoms with Gasteiger partial charge in [-0.05, 0) is 30.3 Å². The van der Waals surface area contributed by atoms with Crippen LogP contribution in [0.4, 0.5) is 5.69 Å². The molecule has 2 rings (SSSR count). The second kappa shape index (κ2) is 5.26. The predicted molar refractivity (Wildman–Crippen MR) is 66.6 cm³/mol. The van der Waals surface area contributed by atoms with Crippen LogP contribution in [-0.4, -0.2) is 24.1 Å². The standard InChI is InChI=1S/C13H11NO5/c1-18-10-5-4-8(7-9(10)13(16)17)14-12(15)11-3-2-6-19-11/h2-7H,1H3,(H,14,15)(H,16,17). The van der Waals surface area contributed by atoms with Gasteiger partial charge in [-0.25, -0.2) is 4.79 Å². The number of furan rings is 1. The van der Waals surface area contributed by atoms with Crippen molar-refractivity contribution in [2.75, 3.05) is 12.4 Å². The minimum atomic E-state index is -1.13. The van der Waals surface area contributed by atoms with Gasteiger partial charge in [-0.2, -0.15) is 0 Å². The maximum Gasteiger partial charge on any atom is 0.339 e. The van der Waals surface area contributed by atoms with Crippen molar-refractivity contribution in [3.63, 3.8) is 0 Å². The van der Waals surface area contributed by atoms with Gasteiger partial charge in [-0.3, -0.25) is 4.79 Å². The normalized spacial score (nSPS) is 9.95. The van der Waals surface area contributed by atoms with Gasteiger partial charge < -0.3 is 19.6 Å². The number of ether oxygens (including phenoxy) is 1. The van der Waals surface area contributed by atoms with Crippen molar-refractivity contribution in [2.24, 2.45) is 0 Å². The lowest BCUT2D eigenvalue weighted by molar-refractivity contribution is 0.0693. The number of aromatic carboxylic acids is 1. The Bertz CT molecular complexity index is 604. The van der Waals surface area contributed by atoms with Crippen LogP contribution in [0.3, 0.4) is 0 Å². The number of anilines is 1. The lowest BCUT2D eigenvalue weighted by atomic mass is 10.1. The first-order valence-electron chi connectivity index (χ1n) is 5.38. The summed E-state index contributed by atoms with van der Waals surface area (Å²) in [5.74, 6) is -1.21. The molecular formula is C13H11NO5. The van der Waals surface area contributed by atoms with E-state index in [1.165, 1.54) is 31.6 Å². The topological polar surface area (TPSA) is 88.8 Å². The van der Waals surface area contributed by atoms with Crippen LogP contribution in [0.15, 0.2) is 41.0 Å². The van der Waals surface area contributed by atoms with Crippen LogP contribution in [-0.2, 0) is 0 Å². The SMILES string of the molecule is COc1ccc(NC(=O)c2ccco2)cc1C(=O)O. The fourth-order valence-electron chi connectivity index (χ4n) is 1.55. The number of rotatable bonds is 4. The van der Waals surface area contributed by atoms with Crippen molar-refractivity contribution in [3.05, 3.63) is 47.9 Å². The van der Waals surface area contributed by atoms with E-state index in [2.05, 4.69) is 5.32 Å². The van der Waals surface area contributed by atoms with Gasteiger partial charge in [0.2, 0.25) is 0 Å². The number of carbonyl (C=O) groups excluding carboxylic acids is 1. The highest BCUT2D eigenvalue weighted by Gasteiger charge is 2.14. The molecule has 19 heavy (non-hydrogen) atoms. The lowest BCUT2D eigenvalue weighted by Gasteiger charge is -2.08. The molecule has 1 aromatic carbocycles. The van der Waals surface area contributed by atoms with E-state index in [0.717, 1.165) is 0 Å². The third-order valence-corrected chi connectivity index (χ3v) is 2.43. The number of carboxylic acids is 1. The van der Waals surface area contributed by atoms with Crippen LogP contribution in [0.1, 0.15) is 20.9 Å². The number of carboxylic acid groups (broad SMARTS) is 1. The number of nitrogens with one attached hydrogen (secondary N) is 1. The largest absolute Gasteiger partial charge is 0.496 e. The molecule has 6 heteroatoms. The summed E-state index contributed by atoms with van der Waals surface area (Å²) in [7, 11) is 1.38. The number of hydrogen-bond donors (Lipinski definition) is 2. The molecule has 0 atom stereocenters. The van der Waals surface area contributed by atoms with Crippen molar-refractivity contribution in [1.29, 1.82) is 0 Å². The average Bonchev–Trinajstić information content (AvgIpc) is 2.92. The molecule has 0 fully saturated rings. The average molecular weight is 261 g/mol. The van der Waals surface area contributed by atoms with Gasteiger partial charge >= 0.3 is 5.97 Å². The minimum absolute atomic E-state index is 0.0280. The van der Waals surface area contributed by atoms with Crippen LogP contribution >= 0.6 is 0 Å². The van der Waals surface area contributed by atoms with Crippen molar-refractivity contribution >= 4 is 17.6 Å². The Kier molecular flexibility index (Phi) is 3.51. The summed E-state index contributed by atoms with van der Waals surface area (Å²) in [6.07, 6.45) is 1.38. The van der Waals surface area contributed by atoms with E-state index in [4.69, 9.17) is 14.3 Å². The van der Waals surface area contributed by atoms with Crippen LogP contribution in [0.5, 0.6) is 5.75 Å². The van der Waals surface area contributed by atoms with Gasteiger partial charge in [-0.1, -0.05) is 0 Å². The van der Waals surface area contributed by atoms with E-state index in [-0.39, 0.29) is 17.1 Å². The summed E-state index contributed by atoms with van der Waals surface area (Å²) in [4.78, 5) is 22.8. The highest BCUT2D eigenvalue weighted by molar-refractivity contribution is 6.03. The molecule has 0 aliphatic rings. The number of carbonyl (C=O) groups is 2. The quantitative estimate of drug-likeness (QED) is 0.881. The van der Waals surface area contributed by atoms with Crippen molar-refractivity contribution in [2.45, 2.75) is 0 Å². The Morgan fingerprint density at radius 3 is 2.68 bits per heavy atom. The van der Waals surface area contributed by atoms with E-state index >= 15 is 0 Å². The maximum atomic E-state index is 11.7. The summed E-state index contributed by atoms with van der Waals surface area (Å²) in [5, 5.41) is 11.6. The van der Waals surface area contributed by atoms with Gasteiger partial charge in [0, 0.05) is 5.69 Å². The molecule has 0 aliphatic carbocycles. The molecule has 0 bridgehead atoms. The van der Waals surface area contributed by atoms with Crippen molar-refractivity contribution in [1.82, 2.24) is 0 Å². The summed E-state index contributed by atoms with van der Waals surface area (Å²) in [6.45, 7) is 0. The first kappa shape index (κ1) is 12.7. The monoisotopic (exact) mass is 261 g/mol. The fourth-order valence-corrected chi connectivity index (χ4v) is 1.55. The Morgan fingerprint density at radius 2 is 2.11 bits per heavy atom. The summed E-state index contributed by atoms with van der Waals surface area (Å²) in [5.41, 5.74) is 0.319. The fraction of sp³-hybridized carbons (Fsp3) is 0.0769. The van der Waals surface area contributed by atoms with E-state index < -0.39 is 11.9 Å². The van der Waals surface area contributed by atoms with Crippen LogP contribution in [0.25, 0.3) is 0 Å². The molecule has 0 saturated carbocycles. The lowest BCUT2D eigenvalue weighted by Crippen LogP contribution is -2.11. The molecule has 1 aromatic heterocycles. The van der Waals surface area contributed by atoms with E-state index in [1.807, 2.05) is 0 Å². The molecule has 2 N–H and O–H groups in total. The van der Waals surface area contributed by atoms with Gasteiger partial charge in [0.15, 0.2) is 5.76 Å². The molecule has 1 heterocycles. The van der Waals surface area contributed by atoms with Crippen molar-refractivity contribution in [3.8, 4) is 5.75 Å². The molecule has 0 saturated heterocycles. The number of benzene rings is 1. The van der Waals surface area contributed by atoms with Gasteiger partial charge in [0.05, 0.1) is 13.4 Å². The zero-order valence-corrected chi connectivity index (χ0v) is 10.0. The van der Waals surface area contributed by atoms with Gasteiger partial charge in [0.25, 0.3) is 5.91 Å². The maximum absolute atomic E-state index is 11.7. The van der Waals surface area contributed by atoms with E-state index in [1.54, 1.807) is 12.1 Å². The Hall–Kier alpha value is -2.76. The smallest absolute Gasteiger partial charge is 0.339 e. The molecule has 0 aliphatic heterocycles. The van der Waals surface area contributed by atoms with E-state index in [9.17, 15) is 9.59 Å². The second-order valence-corrected chi connectivity index (χ2v) is 3.65. The van der Waals surface area contributed by atoms with Crippen LogP contribution < -0.4 is 10.1 Å². The first-order valence-corrected chi connectivity index (χ1v) is 5.38. The molecule has 1 amide bonds. The molecular weight excluding hydrogens is 250 g/mol. The Balaban J connectivity index is 2.24. The van der Waals surface area contributed by atoms with Crippen LogP contribution in [0.2, 0.25) is 0 Å². The zero-order chi connectivity index (χ0) is 13.8. The van der Waals surface area contributed by atoms with Crippen molar-refractivity contribution < 1.29 is 23.8 Å². The highest BCUT2D eigenvalue weighted by atomic mass is 16.5. The molecule has 6 nitrogen and oxygen atoms in total. The zero-order valence-electron chi connectivity index (χ0n) is 10.0. The molecule has 0 unspecified atom stereocenters. The third kappa shape index (κ3) is 2.74. The Morgan fingerprint density at radius 1 is 1.32 bits per heavy atom. The summed E-state index contributed by atoms with van der Waals surface area (Å²) in [6, 6.07) is 7.44. The number of hydrogen-bond acceptors (Lipinski definition) is 4. The summed E-state index contributed by atoms with van der Waals surface area (Å²) < 4.78 is 9.86. The predicted octanol–water partition coefficient (Wildman–Crippen LogP) is 2.24. The summed E-state index contributed by atoms with van der Waals surface area (Å²) >= 11 is 0. The molecule has 0 radical (unpaired) electrons. The van der Waals surface area contributed by atoms with Gasteiger partial charge in [-0.15, -0.1) is 0 Å². The molecule has 2 aromatic rings. The van der Waals surface area contributed by atoms with E-state index in [0.29, 0.717) is 5.69 Å². The number of methoxy groups -OCH3 is 1. The second-order valence-electron chi connectivity index (χ2n) is 3.65. The minimum Gasteiger partial charge on any atom is -0.496 e.